The smallest absolute Gasteiger partial charge is 0.123 e. The predicted molar refractivity (Wildman–Crippen MR) is 71.8 cm³/mol. The lowest BCUT2D eigenvalue weighted by atomic mass is 9.81. The highest BCUT2D eigenvalue weighted by Gasteiger charge is 2.23. The minimum absolute atomic E-state index is 0.0286. The van der Waals surface area contributed by atoms with Gasteiger partial charge in [-0.15, -0.1) is 0 Å². The molecular formula is C15H19FN2. The van der Waals surface area contributed by atoms with Crippen molar-refractivity contribution in [2.24, 2.45) is 11.7 Å². The molecule has 0 saturated heterocycles. The summed E-state index contributed by atoms with van der Waals surface area (Å²) in [6.45, 7) is 0. The van der Waals surface area contributed by atoms with Gasteiger partial charge in [0.15, 0.2) is 0 Å². The number of rotatable bonds is 2. The van der Waals surface area contributed by atoms with Crippen LogP contribution in [0.2, 0.25) is 0 Å². The molecule has 18 heavy (non-hydrogen) atoms. The number of halogens is 1. The van der Waals surface area contributed by atoms with Crippen molar-refractivity contribution < 1.29 is 4.39 Å². The second-order valence-electron chi connectivity index (χ2n) is 5.36. The summed E-state index contributed by atoms with van der Waals surface area (Å²) < 4.78 is 13.3. The lowest BCUT2D eigenvalue weighted by Crippen LogP contribution is -2.23. The molecule has 0 bridgehead atoms. The molecule has 1 atom stereocenters. The van der Waals surface area contributed by atoms with Crippen LogP contribution in [-0.2, 0) is 0 Å². The maximum Gasteiger partial charge on any atom is 0.123 e. The van der Waals surface area contributed by atoms with E-state index in [9.17, 15) is 4.39 Å². The fourth-order valence-electron chi connectivity index (χ4n) is 3.14. The van der Waals surface area contributed by atoms with Crippen molar-refractivity contribution in [3.8, 4) is 0 Å². The molecule has 1 fully saturated rings. The summed E-state index contributed by atoms with van der Waals surface area (Å²) in [5, 5.41) is 0.938. The first-order chi connectivity index (χ1) is 8.75. The molecule has 3 rings (SSSR count). The Morgan fingerprint density at radius 1 is 1.22 bits per heavy atom. The van der Waals surface area contributed by atoms with Crippen molar-refractivity contribution in [2.45, 2.75) is 38.1 Å². The van der Waals surface area contributed by atoms with E-state index in [1.165, 1.54) is 38.2 Å². The van der Waals surface area contributed by atoms with Gasteiger partial charge in [-0.3, -0.25) is 0 Å². The van der Waals surface area contributed by atoms with Crippen molar-refractivity contribution in [3.63, 3.8) is 0 Å². The molecular weight excluding hydrogens is 227 g/mol. The van der Waals surface area contributed by atoms with Gasteiger partial charge in [0.05, 0.1) is 0 Å². The third-order valence-corrected chi connectivity index (χ3v) is 4.19. The first kappa shape index (κ1) is 11.7. The number of nitrogens with two attached hydrogens (primary N) is 1. The minimum atomic E-state index is -0.195. The van der Waals surface area contributed by atoms with Gasteiger partial charge in [0, 0.05) is 23.1 Å². The number of fused-ring (bicyclic) bond motifs is 1. The Bertz CT molecular complexity index is 540. The molecule has 96 valence electrons. The van der Waals surface area contributed by atoms with E-state index in [1.54, 1.807) is 12.1 Å². The van der Waals surface area contributed by atoms with Crippen molar-refractivity contribution in [1.29, 1.82) is 0 Å². The Morgan fingerprint density at radius 3 is 2.78 bits per heavy atom. The summed E-state index contributed by atoms with van der Waals surface area (Å²) in [7, 11) is 0. The Labute approximate surface area is 106 Å². The molecule has 2 aromatic rings. The van der Waals surface area contributed by atoms with Crippen LogP contribution in [0.3, 0.4) is 0 Å². The van der Waals surface area contributed by atoms with E-state index in [4.69, 9.17) is 5.73 Å². The van der Waals surface area contributed by atoms with Gasteiger partial charge >= 0.3 is 0 Å². The second-order valence-corrected chi connectivity index (χ2v) is 5.36. The molecule has 0 amide bonds. The van der Waals surface area contributed by atoms with Gasteiger partial charge in [-0.2, -0.15) is 0 Å². The SMILES string of the molecule is NC(c1c[nH]c2ccc(F)cc12)C1CCCCC1. The van der Waals surface area contributed by atoms with Gasteiger partial charge in [0.1, 0.15) is 5.82 Å². The van der Waals surface area contributed by atoms with Gasteiger partial charge in [-0.1, -0.05) is 19.3 Å². The van der Waals surface area contributed by atoms with Crippen LogP contribution in [0.4, 0.5) is 4.39 Å². The zero-order valence-corrected chi connectivity index (χ0v) is 10.5. The molecule has 0 radical (unpaired) electrons. The zero-order valence-electron chi connectivity index (χ0n) is 10.5. The number of H-pyrrole nitrogens is 1. The maximum atomic E-state index is 13.3. The molecule has 1 saturated carbocycles. The number of hydrogen-bond acceptors (Lipinski definition) is 1. The van der Waals surface area contributed by atoms with Crippen LogP contribution in [0.5, 0.6) is 0 Å². The Kier molecular flexibility index (Phi) is 3.08. The number of hydrogen-bond donors (Lipinski definition) is 2. The summed E-state index contributed by atoms with van der Waals surface area (Å²) in [4.78, 5) is 3.19. The van der Waals surface area contributed by atoms with Gasteiger partial charge in [0.25, 0.3) is 0 Å². The highest BCUT2D eigenvalue weighted by atomic mass is 19.1. The largest absolute Gasteiger partial charge is 0.361 e. The fourth-order valence-corrected chi connectivity index (χ4v) is 3.14. The van der Waals surface area contributed by atoms with Crippen molar-refractivity contribution in [2.75, 3.05) is 0 Å². The first-order valence-electron chi connectivity index (χ1n) is 6.78. The third-order valence-electron chi connectivity index (χ3n) is 4.19. The lowest BCUT2D eigenvalue weighted by molar-refractivity contribution is 0.309. The summed E-state index contributed by atoms with van der Waals surface area (Å²) in [5.41, 5.74) is 8.42. The third kappa shape index (κ3) is 2.03. The minimum Gasteiger partial charge on any atom is -0.361 e. The van der Waals surface area contributed by atoms with E-state index in [2.05, 4.69) is 4.98 Å². The topological polar surface area (TPSA) is 41.8 Å². The highest BCUT2D eigenvalue weighted by Crippen LogP contribution is 2.35. The second kappa shape index (κ2) is 4.73. The van der Waals surface area contributed by atoms with Crippen LogP contribution >= 0.6 is 0 Å². The van der Waals surface area contributed by atoms with Crippen LogP contribution < -0.4 is 5.73 Å². The average Bonchev–Trinajstić information content (AvgIpc) is 2.82. The molecule has 3 N–H and O–H groups in total. The molecule has 1 unspecified atom stereocenters. The van der Waals surface area contributed by atoms with Crippen LogP contribution in [0.1, 0.15) is 43.7 Å². The van der Waals surface area contributed by atoms with Crippen LogP contribution in [0.25, 0.3) is 10.9 Å². The molecule has 3 heteroatoms. The molecule has 1 aliphatic carbocycles. The lowest BCUT2D eigenvalue weighted by Gasteiger charge is -2.27. The number of aromatic amines is 1. The van der Waals surface area contributed by atoms with Gasteiger partial charge < -0.3 is 10.7 Å². The summed E-state index contributed by atoms with van der Waals surface area (Å²) in [6, 6.07) is 4.88. The molecule has 1 aliphatic rings. The van der Waals surface area contributed by atoms with Crippen molar-refractivity contribution in [1.82, 2.24) is 4.98 Å². The van der Waals surface area contributed by atoms with E-state index < -0.39 is 0 Å². The predicted octanol–water partition coefficient (Wildman–Crippen LogP) is 3.89. The first-order valence-corrected chi connectivity index (χ1v) is 6.78. The zero-order chi connectivity index (χ0) is 12.5. The molecule has 1 aromatic heterocycles. The van der Waals surface area contributed by atoms with E-state index in [0.29, 0.717) is 5.92 Å². The van der Waals surface area contributed by atoms with Crippen LogP contribution in [0, 0.1) is 11.7 Å². The van der Waals surface area contributed by atoms with E-state index in [1.807, 2.05) is 6.20 Å². The Morgan fingerprint density at radius 2 is 2.00 bits per heavy atom. The Balaban J connectivity index is 1.95. The summed E-state index contributed by atoms with van der Waals surface area (Å²) in [6.07, 6.45) is 8.21. The highest BCUT2D eigenvalue weighted by molar-refractivity contribution is 5.83. The number of aromatic nitrogens is 1. The van der Waals surface area contributed by atoms with E-state index >= 15 is 0 Å². The van der Waals surface area contributed by atoms with E-state index in [-0.39, 0.29) is 11.9 Å². The Hall–Kier alpha value is -1.35. The quantitative estimate of drug-likeness (QED) is 0.829. The van der Waals surface area contributed by atoms with Gasteiger partial charge in [-0.05, 0) is 42.5 Å². The normalized spacial score (nSPS) is 19.2. The van der Waals surface area contributed by atoms with Gasteiger partial charge in [-0.25, -0.2) is 4.39 Å². The number of nitrogens with one attached hydrogen (secondary N) is 1. The molecule has 1 heterocycles. The van der Waals surface area contributed by atoms with Crippen LogP contribution in [-0.4, -0.2) is 4.98 Å². The van der Waals surface area contributed by atoms with Gasteiger partial charge in [0.2, 0.25) is 0 Å². The standard InChI is InChI=1S/C15H19FN2/c16-11-6-7-14-12(8-11)13(9-18-14)15(17)10-4-2-1-3-5-10/h6-10,15,18H,1-5,17H2. The molecule has 0 spiro atoms. The summed E-state index contributed by atoms with van der Waals surface area (Å²) in [5.74, 6) is 0.347. The summed E-state index contributed by atoms with van der Waals surface area (Å²) >= 11 is 0. The monoisotopic (exact) mass is 246 g/mol. The van der Waals surface area contributed by atoms with Crippen molar-refractivity contribution >= 4 is 10.9 Å². The van der Waals surface area contributed by atoms with Crippen molar-refractivity contribution in [3.05, 3.63) is 35.8 Å². The van der Waals surface area contributed by atoms with Crippen LogP contribution in [0.15, 0.2) is 24.4 Å². The molecule has 0 aliphatic heterocycles. The number of benzene rings is 1. The average molecular weight is 246 g/mol. The molecule has 2 nitrogen and oxygen atoms in total. The van der Waals surface area contributed by atoms with E-state index in [0.717, 1.165) is 16.5 Å². The maximum absolute atomic E-state index is 13.3. The fraction of sp³-hybridized carbons (Fsp3) is 0.467. The molecule has 1 aromatic carbocycles.